The Morgan fingerprint density at radius 2 is 1.90 bits per heavy atom. The first-order chi connectivity index (χ1) is 9.89. The molecule has 4 nitrogen and oxygen atoms in total. The van der Waals surface area contributed by atoms with Crippen molar-refractivity contribution in [1.29, 1.82) is 0 Å². The third-order valence-electron chi connectivity index (χ3n) is 2.56. The molecule has 1 aromatic rings. The van der Waals surface area contributed by atoms with E-state index in [2.05, 4.69) is 5.32 Å². The van der Waals surface area contributed by atoms with Crippen LogP contribution in [-0.2, 0) is 9.53 Å². The van der Waals surface area contributed by atoms with Gasteiger partial charge in [0, 0.05) is 5.56 Å². The maximum atomic E-state index is 12.4. The van der Waals surface area contributed by atoms with Crippen molar-refractivity contribution in [2.45, 2.75) is 26.1 Å². The minimum Gasteiger partial charge on any atom is -0.494 e. The van der Waals surface area contributed by atoms with E-state index in [9.17, 15) is 18.0 Å². The molecule has 7 heteroatoms. The number of para-hydroxylation sites is 1. The number of carbonyl (C=O) groups excluding carboxylic acids is 1. The highest BCUT2D eigenvalue weighted by molar-refractivity contribution is 5.78. The minimum absolute atomic E-state index is 0.0832. The molecule has 0 heterocycles. The largest absolute Gasteiger partial charge is 0.494 e. The molecule has 1 atom stereocenters. The smallest absolute Gasteiger partial charge is 0.401 e. The summed E-state index contributed by atoms with van der Waals surface area (Å²) in [6.07, 6.45) is -4.43. The summed E-state index contributed by atoms with van der Waals surface area (Å²) in [5.74, 6) is -0.415. The zero-order chi connectivity index (χ0) is 15.9. The van der Waals surface area contributed by atoms with Crippen LogP contribution in [0.3, 0.4) is 0 Å². The first kappa shape index (κ1) is 17.3. The van der Waals surface area contributed by atoms with Gasteiger partial charge in [0.2, 0.25) is 0 Å². The van der Waals surface area contributed by atoms with Gasteiger partial charge in [-0.05, 0) is 19.9 Å². The van der Waals surface area contributed by atoms with Crippen LogP contribution in [0.5, 0.6) is 5.75 Å². The number of carbonyl (C=O) groups is 1. The van der Waals surface area contributed by atoms with Gasteiger partial charge >= 0.3 is 12.1 Å². The molecule has 1 N–H and O–H groups in total. The lowest BCUT2D eigenvalue weighted by atomic mass is 10.1. The summed E-state index contributed by atoms with van der Waals surface area (Å²) in [5, 5.41) is 2.18. The fourth-order valence-corrected chi connectivity index (χ4v) is 1.77. The predicted octanol–water partition coefficient (Wildman–Crippen LogP) is 2.84. The molecule has 0 aliphatic carbocycles. The lowest BCUT2D eigenvalue weighted by molar-refractivity contribution is -0.149. The zero-order valence-corrected chi connectivity index (χ0v) is 11.9. The SMILES string of the molecule is CCOC(=O)C(NCC(F)(F)F)c1ccccc1OCC. The maximum absolute atomic E-state index is 12.4. The van der Waals surface area contributed by atoms with E-state index in [1.165, 1.54) is 6.07 Å². The van der Waals surface area contributed by atoms with Gasteiger partial charge in [-0.15, -0.1) is 0 Å². The van der Waals surface area contributed by atoms with Crippen LogP contribution < -0.4 is 10.1 Å². The second-order valence-electron chi connectivity index (χ2n) is 4.15. The van der Waals surface area contributed by atoms with Gasteiger partial charge in [-0.3, -0.25) is 5.32 Å². The Balaban J connectivity index is 3.02. The Labute approximate surface area is 121 Å². The van der Waals surface area contributed by atoms with E-state index in [-0.39, 0.29) is 6.61 Å². The van der Waals surface area contributed by atoms with Crippen LogP contribution in [0.25, 0.3) is 0 Å². The van der Waals surface area contributed by atoms with Gasteiger partial charge in [-0.1, -0.05) is 18.2 Å². The molecule has 0 amide bonds. The normalized spacial score (nSPS) is 12.8. The molecule has 0 fully saturated rings. The third kappa shape index (κ3) is 5.63. The number of nitrogens with one attached hydrogen (secondary N) is 1. The van der Waals surface area contributed by atoms with Gasteiger partial charge in [0.15, 0.2) is 0 Å². The highest BCUT2D eigenvalue weighted by Gasteiger charge is 2.32. The molecule has 0 aromatic heterocycles. The van der Waals surface area contributed by atoms with Gasteiger partial charge in [0.1, 0.15) is 11.8 Å². The van der Waals surface area contributed by atoms with Gasteiger partial charge in [0.05, 0.1) is 19.8 Å². The number of benzene rings is 1. The highest BCUT2D eigenvalue weighted by Crippen LogP contribution is 2.27. The lowest BCUT2D eigenvalue weighted by Gasteiger charge is -2.21. The molecule has 118 valence electrons. The molecule has 0 spiro atoms. The second kappa shape index (κ2) is 7.87. The lowest BCUT2D eigenvalue weighted by Crippen LogP contribution is -2.37. The van der Waals surface area contributed by atoms with Crippen LogP contribution in [-0.4, -0.2) is 31.9 Å². The number of halogens is 3. The van der Waals surface area contributed by atoms with Crippen LogP contribution in [0.15, 0.2) is 24.3 Å². The summed E-state index contributed by atoms with van der Waals surface area (Å²) >= 11 is 0. The number of alkyl halides is 3. The van der Waals surface area contributed by atoms with E-state index < -0.39 is 24.7 Å². The molecule has 0 radical (unpaired) electrons. The fraction of sp³-hybridized carbons (Fsp3) is 0.500. The van der Waals surface area contributed by atoms with Crippen LogP contribution in [0.1, 0.15) is 25.5 Å². The quantitative estimate of drug-likeness (QED) is 0.787. The third-order valence-corrected chi connectivity index (χ3v) is 2.56. The molecule has 0 saturated carbocycles. The van der Waals surface area contributed by atoms with E-state index in [0.29, 0.717) is 17.9 Å². The van der Waals surface area contributed by atoms with Gasteiger partial charge < -0.3 is 9.47 Å². The number of hydrogen-bond donors (Lipinski definition) is 1. The first-order valence-corrected chi connectivity index (χ1v) is 6.57. The number of ether oxygens (including phenoxy) is 2. The monoisotopic (exact) mass is 305 g/mol. The molecule has 0 saturated heterocycles. The zero-order valence-electron chi connectivity index (χ0n) is 11.9. The molecular weight excluding hydrogens is 287 g/mol. The molecule has 0 aliphatic rings. The summed E-state index contributed by atoms with van der Waals surface area (Å²) in [5.41, 5.74) is 0.321. The second-order valence-corrected chi connectivity index (χ2v) is 4.15. The Morgan fingerprint density at radius 3 is 2.48 bits per heavy atom. The average molecular weight is 305 g/mol. The topological polar surface area (TPSA) is 47.6 Å². The van der Waals surface area contributed by atoms with E-state index in [4.69, 9.17) is 9.47 Å². The van der Waals surface area contributed by atoms with E-state index in [0.717, 1.165) is 0 Å². The van der Waals surface area contributed by atoms with Crippen molar-refractivity contribution < 1.29 is 27.4 Å². The summed E-state index contributed by atoms with van der Waals surface area (Å²) in [4.78, 5) is 11.9. The summed E-state index contributed by atoms with van der Waals surface area (Å²) < 4.78 is 47.3. The van der Waals surface area contributed by atoms with Crippen LogP contribution in [0.4, 0.5) is 13.2 Å². The molecule has 21 heavy (non-hydrogen) atoms. The predicted molar refractivity (Wildman–Crippen MR) is 71.0 cm³/mol. The number of rotatable bonds is 7. The van der Waals surface area contributed by atoms with Gasteiger partial charge in [-0.25, -0.2) is 4.79 Å². The van der Waals surface area contributed by atoms with Crippen molar-refractivity contribution in [3.05, 3.63) is 29.8 Å². The van der Waals surface area contributed by atoms with Crippen LogP contribution in [0.2, 0.25) is 0 Å². The molecule has 1 unspecified atom stereocenters. The Hall–Kier alpha value is -1.76. The van der Waals surface area contributed by atoms with Crippen molar-refractivity contribution in [1.82, 2.24) is 5.32 Å². The van der Waals surface area contributed by atoms with Gasteiger partial charge in [-0.2, -0.15) is 13.2 Å². The van der Waals surface area contributed by atoms with Crippen LogP contribution >= 0.6 is 0 Å². The van der Waals surface area contributed by atoms with Gasteiger partial charge in [0.25, 0.3) is 0 Å². The number of hydrogen-bond acceptors (Lipinski definition) is 4. The molecule has 0 bridgehead atoms. The Bertz CT molecular complexity index is 463. The van der Waals surface area contributed by atoms with E-state index in [1.54, 1.807) is 32.0 Å². The van der Waals surface area contributed by atoms with Crippen molar-refractivity contribution in [3.8, 4) is 5.75 Å². The standard InChI is InChI=1S/C14H18F3NO3/c1-3-20-11-8-6-5-7-10(11)12(13(19)21-4-2)18-9-14(15,16)17/h5-8,12,18H,3-4,9H2,1-2H3. The Kier molecular flexibility index (Phi) is 6.48. The maximum Gasteiger partial charge on any atom is 0.401 e. The molecule has 0 aliphatic heterocycles. The van der Waals surface area contributed by atoms with Crippen LogP contribution in [0, 0.1) is 0 Å². The highest BCUT2D eigenvalue weighted by atomic mass is 19.4. The minimum atomic E-state index is -4.43. The molecular formula is C14H18F3NO3. The van der Waals surface area contributed by atoms with Crippen molar-refractivity contribution in [2.75, 3.05) is 19.8 Å². The Morgan fingerprint density at radius 1 is 1.24 bits per heavy atom. The summed E-state index contributed by atoms with van der Waals surface area (Å²) in [7, 11) is 0. The molecule has 1 aromatic carbocycles. The summed E-state index contributed by atoms with van der Waals surface area (Å²) in [6.45, 7) is 2.47. The van der Waals surface area contributed by atoms with E-state index in [1.807, 2.05) is 0 Å². The van der Waals surface area contributed by atoms with Crippen molar-refractivity contribution in [2.24, 2.45) is 0 Å². The van der Waals surface area contributed by atoms with Crippen molar-refractivity contribution >= 4 is 5.97 Å². The number of esters is 1. The van der Waals surface area contributed by atoms with E-state index >= 15 is 0 Å². The molecule has 1 rings (SSSR count). The average Bonchev–Trinajstić information content (AvgIpc) is 2.40. The summed E-state index contributed by atoms with van der Waals surface area (Å²) in [6, 6.07) is 5.21. The fourth-order valence-electron chi connectivity index (χ4n) is 1.77. The van der Waals surface area contributed by atoms with Crippen molar-refractivity contribution in [3.63, 3.8) is 0 Å². The first-order valence-electron chi connectivity index (χ1n) is 6.57.